The smallest absolute Gasteiger partial charge is 0.0701 e. The molecule has 0 aliphatic carbocycles. The molecule has 1 saturated heterocycles. The van der Waals surface area contributed by atoms with Crippen LogP contribution in [-0.4, -0.2) is 48.7 Å². The summed E-state index contributed by atoms with van der Waals surface area (Å²) < 4.78 is 6.68. The maximum atomic E-state index is 5.48. The fourth-order valence-electron chi connectivity index (χ4n) is 3.10. The topological polar surface area (TPSA) is 15.7 Å². The molecule has 1 unspecified atom stereocenters. The van der Waals surface area contributed by atoms with Crippen LogP contribution in [-0.2, 0) is 17.8 Å². The number of hydrogen-bond donors (Lipinski definition) is 0. The number of thiophene rings is 1. The molecule has 24 heavy (non-hydrogen) atoms. The van der Waals surface area contributed by atoms with Gasteiger partial charge in [0.1, 0.15) is 0 Å². The third-order valence-corrected chi connectivity index (χ3v) is 6.07. The summed E-state index contributed by atoms with van der Waals surface area (Å²) in [6, 6.07) is 15.7. The van der Waals surface area contributed by atoms with Gasteiger partial charge < -0.3 is 4.74 Å². The molecule has 0 spiro atoms. The van der Waals surface area contributed by atoms with Gasteiger partial charge in [0.05, 0.1) is 17.0 Å². The Morgan fingerprint density at radius 2 is 1.88 bits per heavy atom. The normalized spacial score (nSPS) is 17.3. The number of nitrogens with zero attached hydrogens (tertiary/aromatic N) is 2. The molecule has 0 bridgehead atoms. The lowest BCUT2D eigenvalue weighted by atomic mass is 10.1. The second-order valence-corrected chi connectivity index (χ2v) is 8.91. The van der Waals surface area contributed by atoms with E-state index in [-0.39, 0.29) is 0 Å². The van der Waals surface area contributed by atoms with Crippen LogP contribution in [0.4, 0.5) is 0 Å². The van der Waals surface area contributed by atoms with E-state index in [2.05, 4.69) is 75.1 Å². The van der Waals surface area contributed by atoms with Gasteiger partial charge in [-0.25, -0.2) is 0 Å². The van der Waals surface area contributed by atoms with Crippen LogP contribution in [0.1, 0.15) is 17.4 Å². The number of rotatable bonds is 7. The highest BCUT2D eigenvalue weighted by Gasteiger charge is 2.20. The molecule has 130 valence electrons. The molecule has 2 heterocycles. The van der Waals surface area contributed by atoms with Crippen molar-refractivity contribution in [2.24, 2.45) is 0 Å². The molecule has 1 aliphatic rings. The molecular formula is C19H25BrN2OS. The van der Waals surface area contributed by atoms with E-state index in [1.807, 2.05) is 11.3 Å². The molecule has 1 fully saturated rings. The van der Waals surface area contributed by atoms with Crippen LogP contribution in [0.15, 0.2) is 46.3 Å². The van der Waals surface area contributed by atoms with E-state index >= 15 is 0 Å². The average molecular weight is 409 g/mol. The van der Waals surface area contributed by atoms with Crippen LogP contribution in [0.3, 0.4) is 0 Å². The quantitative estimate of drug-likeness (QED) is 0.681. The lowest BCUT2D eigenvalue weighted by molar-refractivity contribution is 0.0227. The van der Waals surface area contributed by atoms with E-state index in [1.54, 1.807) is 0 Å². The summed E-state index contributed by atoms with van der Waals surface area (Å²) in [6.45, 7) is 9.26. The van der Waals surface area contributed by atoms with Gasteiger partial charge in [-0.2, -0.15) is 0 Å². The fourth-order valence-corrected chi connectivity index (χ4v) is 4.60. The Morgan fingerprint density at radius 3 is 2.54 bits per heavy atom. The minimum atomic E-state index is 0.504. The van der Waals surface area contributed by atoms with Crippen molar-refractivity contribution in [1.29, 1.82) is 0 Å². The van der Waals surface area contributed by atoms with Crippen molar-refractivity contribution in [1.82, 2.24) is 9.80 Å². The Kier molecular flexibility index (Phi) is 6.86. The Hall–Kier alpha value is -0.720. The first kappa shape index (κ1) is 18.1. The number of halogens is 1. The van der Waals surface area contributed by atoms with Crippen LogP contribution in [0.25, 0.3) is 0 Å². The van der Waals surface area contributed by atoms with Gasteiger partial charge in [-0.15, -0.1) is 11.3 Å². The second-order valence-electron chi connectivity index (χ2n) is 6.36. The van der Waals surface area contributed by atoms with Crippen molar-refractivity contribution >= 4 is 27.3 Å². The summed E-state index contributed by atoms with van der Waals surface area (Å²) in [4.78, 5) is 6.52. The van der Waals surface area contributed by atoms with Crippen molar-refractivity contribution in [2.45, 2.75) is 26.1 Å². The summed E-state index contributed by atoms with van der Waals surface area (Å²) in [6.07, 6.45) is 0. The third-order valence-electron chi connectivity index (χ3n) is 4.47. The molecular weight excluding hydrogens is 384 g/mol. The molecule has 3 nitrogen and oxygen atoms in total. The van der Waals surface area contributed by atoms with Crippen LogP contribution in [0, 0.1) is 0 Å². The zero-order valence-corrected chi connectivity index (χ0v) is 16.6. The van der Waals surface area contributed by atoms with E-state index in [1.165, 1.54) is 14.2 Å². The lowest BCUT2D eigenvalue weighted by Crippen LogP contribution is -2.45. The maximum Gasteiger partial charge on any atom is 0.0701 e. The summed E-state index contributed by atoms with van der Waals surface area (Å²) in [7, 11) is 0. The van der Waals surface area contributed by atoms with Gasteiger partial charge in [-0.3, -0.25) is 9.80 Å². The first-order valence-corrected chi connectivity index (χ1v) is 10.1. The summed E-state index contributed by atoms with van der Waals surface area (Å²) >= 11 is 5.41. The largest absolute Gasteiger partial charge is 0.379 e. The maximum absolute atomic E-state index is 5.48. The van der Waals surface area contributed by atoms with Crippen molar-refractivity contribution in [2.75, 3.05) is 32.8 Å². The van der Waals surface area contributed by atoms with Gasteiger partial charge in [-0.05, 0) is 40.5 Å². The molecule has 0 saturated carbocycles. The van der Waals surface area contributed by atoms with E-state index in [9.17, 15) is 0 Å². The SMILES string of the molecule is CC(CN1CCOCC1)N(Cc1ccccc1)Cc1ccc(Br)s1. The molecule has 3 rings (SSSR count). The molecule has 0 radical (unpaired) electrons. The molecule has 5 heteroatoms. The first-order chi connectivity index (χ1) is 11.7. The Bertz CT molecular complexity index is 613. The molecule has 1 aromatic carbocycles. The minimum absolute atomic E-state index is 0.504. The lowest BCUT2D eigenvalue weighted by Gasteiger charge is -2.35. The summed E-state index contributed by atoms with van der Waals surface area (Å²) in [5.74, 6) is 0. The van der Waals surface area contributed by atoms with Gasteiger partial charge in [0, 0.05) is 43.6 Å². The van der Waals surface area contributed by atoms with Gasteiger partial charge in [0.15, 0.2) is 0 Å². The highest BCUT2D eigenvalue weighted by atomic mass is 79.9. The number of hydrogen-bond acceptors (Lipinski definition) is 4. The van der Waals surface area contributed by atoms with Gasteiger partial charge >= 0.3 is 0 Å². The first-order valence-electron chi connectivity index (χ1n) is 8.53. The number of morpholine rings is 1. The zero-order chi connectivity index (χ0) is 16.8. The van der Waals surface area contributed by atoms with Crippen molar-refractivity contribution < 1.29 is 4.74 Å². The number of ether oxygens (including phenoxy) is 1. The molecule has 2 aromatic rings. The van der Waals surface area contributed by atoms with E-state index in [0.717, 1.165) is 45.9 Å². The fraction of sp³-hybridized carbons (Fsp3) is 0.474. The molecule has 1 atom stereocenters. The number of benzene rings is 1. The third kappa shape index (κ3) is 5.39. The van der Waals surface area contributed by atoms with E-state index in [0.29, 0.717) is 6.04 Å². The van der Waals surface area contributed by atoms with Crippen molar-refractivity contribution in [3.05, 3.63) is 56.7 Å². The van der Waals surface area contributed by atoms with Crippen LogP contribution in [0.2, 0.25) is 0 Å². The van der Waals surface area contributed by atoms with E-state index in [4.69, 9.17) is 4.74 Å². The average Bonchev–Trinajstić information content (AvgIpc) is 3.01. The molecule has 1 aromatic heterocycles. The minimum Gasteiger partial charge on any atom is -0.379 e. The van der Waals surface area contributed by atoms with Gasteiger partial charge in [0.2, 0.25) is 0 Å². The summed E-state index contributed by atoms with van der Waals surface area (Å²) in [5, 5.41) is 0. The van der Waals surface area contributed by atoms with Crippen molar-refractivity contribution in [3.8, 4) is 0 Å². The Balaban J connectivity index is 1.67. The zero-order valence-electron chi connectivity index (χ0n) is 14.2. The van der Waals surface area contributed by atoms with Crippen molar-refractivity contribution in [3.63, 3.8) is 0 Å². The summed E-state index contributed by atoms with van der Waals surface area (Å²) in [5.41, 5.74) is 1.38. The van der Waals surface area contributed by atoms with Crippen LogP contribution in [0.5, 0.6) is 0 Å². The Morgan fingerprint density at radius 1 is 1.12 bits per heavy atom. The highest BCUT2D eigenvalue weighted by molar-refractivity contribution is 9.11. The van der Waals surface area contributed by atoms with E-state index < -0.39 is 0 Å². The standard InChI is InChI=1S/C19H25BrN2OS/c1-16(13-21-9-11-23-12-10-21)22(14-17-5-3-2-4-6-17)15-18-7-8-19(20)24-18/h2-8,16H,9-15H2,1H3. The predicted octanol–water partition coefficient (Wildman–Crippen LogP) is 4.23. The van der Waals surface area contributed by atoms with Gasteiger partial charge in [-0.1, -0.05) is 30.3 Å². The van der Waals surface area contributed by atoms with Crippen LogP contribution < -0.4 is 0 Å². The molecule has 0 amide bonds. The monoisotopic (exact) mass is 408 g/mol. The molecule has 1 aliphatic heterocycles. The predicted molar refractivity (Wildman–Crippen MR) is 104 cm³/mol. The highest BCUT2D eigenvalue weighted by Crippen LogP contribution is 2.25. The second kappa shape index (κ2) is 9.11. The van der Waals surface area contributed by atoms with Crippen LogP contribution >= 0.6 is 27.3 Å². The van der Waals surface area contributed by atoms with Gasteiger partial charge in [0.25, 0.3) is 0 Å². The Labute approximate surface area is 157 Å². The molecule has 0 N–H and O–H groups in total.